The predicted octanol–water partition coefficient (Wildman–Crippen LogP) is 15.3. The highest BCUT2D eigenvalue weighted by molar-refractivity contribution is 5.86. The van der Waals surface area contributed by atoms with Gasteiger partial charge in [0.15, 0.2) is 0 Å². The third-order valence-corrected chi connectivity index (χ3v) is 12.7. The molecule has 6 aromatic rings. The van der Waals surface area contributed by atoms with E-state index in [2.05, 4.69) is 0 Å². The summed E-state index contributed by atoms with van der Waals surface area (Å²) in [5.41, 5.74) is -3.44. The molecule has 282 valence electrons. The van der Waals surface area contributed by atoms with E-state index in [9.17, 15) is 2.74 Å². The first-order chi connectivity index (χ1) is 35.2. The molecule has 56 heavy (non-hydrogen) atoms. The van der Waals surface area contributed by atoms with Crippen LogP contribution in [-0.2, 0) is 17.3 Å². The topological polar surface area (TPSA) is 9.23 Å². The van der Waals surface area contributed by atoms with Gasteiger partial charge in [0.05, 0.1) is 0 Å². The summed E-state index contributed by atoms with van der Waals surface area (Å²) in [6, 6.07) is 27.4. The van der Waals surface area contributed by atoms with Gasteiger partial charge in [-0.2, -0.15) is 0 Å². The highest BCUT2D eigenvalue weighted by atomic mass is 16.5. The summed E-state index contributed by atoms with van der Waals surface area (Å²) >= 11 is 0. The van der Waals surface area contributed by atoms with E-state index in [-0.39, 0.29) is 79.1 Å². The Morgan fingerprint density at radius 2 is 1.11 bits per heavy atom. The van der Waals surface area contributed by atoms with Crippen molar-refractivity contribution in [1.82, 2.24) is 0 Å². The molecule has 1 aliphatic heterocycles. The highest BCUT2D eigenvalue weighted by Gasteiger charge is 2.38. The zero-order chi connectivity index (χ0) is 55.2. The molecule has 2 saturated carbocycles. The average molecular weight is 753 g/mol. The summed E-state index contributed by atoms with van der Waals surface area (Å²) in [5.74, 6) is -2.72. The first-order valence-corrected chi connectivity index (χ1v) is 19.7. The molecule has 6 aromatic carbocycles. The molecule has 2 fully saturated rings. The van der Waals surface area contributed by atoms with Crippen LogP contribution in [0.2, 0.25) is 0 Å². The minimum atomic E-state index is -3.21. The molecule has 0 spiro atoms. The van der Waals surface area contributed by atoms with Gasteiger partial charge in [0, 0.05) is 54.9 Å². The molecule has 0 amide bonds. The summed E-state index contributed by atoms with van der Waals surface area (Å²) in [5, 5.41) is 0. The highest BCUT2D eigenvalue weighted by Crippen LogP contribution is 2.55. The second-order valence-electron chi connectivity index (χ2n) is 16.0. The molecular formula is C55H56O. The Labute approximate surface area is 363 Å². The van der Waals surface area contributed by atoms with E-state index in [0.29, 0.717) is 79.2 Å². The maximum absolute atomic E-state index is 9.97. The lowest BCUT2D eigenvalue weighted by Gasteiger charge is -2.37. The summed E-state index contributed by atoms with van der Waals surface area (Å²) < 4.78 is 188. The fourth-order valence-corrected chi connectivity index (χ4v) is 9.86. The largest absolute Gasteiger partial charge is 0.456 e. The summed E-state index contributed by atoms with van der Waals surface area (Å²) in [6.45, 7) is -18.5. The molecule has 3 aliphatic carbocycles. The molecular weight excluding hydrogens is 677 g/mol. The van der Waals surface area contributed by atoms with Gasteiger partial charge in [-0.3, -0.25) is 0 Å². The van der Waals surface area contributed by atoms with Crippen molar-refractivity contribution in [3.8, 4) is 44.9 Å². The Morgan fingerprint density at radius 3 is 1.75 bits per heavy atom. The third-order valence-electron chi connectivity index (χ3n) is 12.7. The Morgan fingerprint density at radius 1 is 0.554 bits per heavy atom. The SMILES string of the molecule is [2H]C([2H])([2H])c1ccc(-c2c(C3([2H])CCCC3)ccc3c2Cc2ccccc2C3(C([2H])([2H])[2H])C([2H])([2H])[2H])cc1-c1cc(-c2c(C3([2H])CCCC3)ccc3c2Oc2ccccc2C3(C([2H])([2H])[2H])C([2H])([2H])[2H])ccc1C([2H])([2H])[2H]. The number of benzene rings is 6. The zero-order valence-electron chi connectivity index (χ0n) is 51.2. The van der Waals surface area contributed by atoms with Gasteiger partial charge in [0.2, 0.25) is 0 Å². The van der Waals surface area contributed by atoms with Crippen LogP contribution in [0.5, 0.6) is 11.5 Å². The summed E-state index contributed by atoms with van der Waals surface area (Å²) in [4.78, 5) is 0. The van der Waals surface area contributed by atoms with E-state index in [4.69, 9.17) is 29.4 Å². The van der Waals surface area contributed by atoms with Gasteiger partial charge in [-0.05, 0) is 148 Å². The monoisotopic (exact) mass is 753 g/mol. The van der Waals surface area contributed by atoms with Gasteiger partial charge in [-0.25, -0.2) is 0 Å². The Kier molecular flexibility index (Phi) is 4.77. The fourth-order valence-electron chi connectivity index (χ4n) is 9.86. The lowest BCUT2D eigenvalue weighted by atomic mass is 9.66. The normalized spacial score (nSPS) is 25.9. The number of rotatable bonds is 5. The van der Waals surface area contributed by atoms with Crippen LogP contribution < -0.4 is 4.74 Å². The van der Waals surface area contributed by atoms with Crippen molar-refractivity contribution in [2.24, 2.45) is 0 Å². The van der Waals surface area contributed by atoms with Crippen LogP contribution in [0.15, 0.2) is 109 Å². The van der Waals surface area contributed by atoms with Gasteiger partial charge in [0.1, 0.15) is 11.5 Å². The maximum atomic E-state index is 9.97. The van der Waals surface area contributed by atoms with Crippen molar-refractivity contribution in [2.45, 2.75) is 122 Å². The van der Waals surface area contributed by atoms with Crippen LogP contribution in [0.4, 0.5) is 0 Å². The first kappa shape index (κ1) is 20.0. The Bertz CT molecular complexity index is 3040. The van der Waals surface area contributed by atoms with Crippen molar-refractivity contribution < 1.29 is 32.2 Å². The van der Waals surface area contributed by atoms with E-state index >= 15 is 0 Å². The smallest absolute Gasteiger partial charge is 0.139 e. The average Bonchev–Trinajstić information content (AvgIpc) is 4.12. The fraction of sp³-hybridized carbons (Fsp3) is 0.345. The molecule has 1 heterocycles. The molecule has 1 heteroatoms. The standard InChI is InChI=1S/C55H56O/c1-34-23-25-39(51-41(36-15-7-8-16-36)27-29-47-45(51)31-38-19-11-12-20-46(38)54(47,3)4)32-43(34)44-33-40(26-24-35(44)2)52-42(37-17-9-10-18-37)28-30-49-53(52)56-50-22-14-13-21-48(50)55(49,5)6/h11-14,19-30,32-33,36-37H,7-10,15-18,31H2,1-6H3/i1D3,2D3,3D3,4D3,5D3,6D3,36D,37D. The van der Waals surface area contributed by atoms with Crippen molar-refractivity contribution in [1.29, 1.82) is 0 Å². The molecule has 10 rings (SSSR count). The lowest BCUT2D eigenvalue weighted by Crippen LogP contribution is -2.28. The predicted molar refractivity (Wildman–Crippen MR) is 235 cm³/mol. The van der Waals surface area contributed by atoms with Crippen molar-refractivity contribution in [3.05, 3.63) is 165 Å². The minimum absolute atomic E-state index is 0.0163. The van der Waals surface area contributed by atoms with Gasteiger partial charge >= 0.3 is 0 Å². The van der Waals surface area contributed by atoms with Crippen LogP contribution in [0.25, 0.3) is 33.4 Å². The summed E-state index contributed by atoms with van der Waals surface area (Å²) in [7, 11) is 0. The second kappa shape index (κ2) is 13.4. The molecule has 0 radical (unpaired) electrons. The zero-order valence-corrected chi connectivity index (χ0v) is 31.2. The number of hydrogen-bond acceptors (Lipinski definition) is 1. The van der Waals surface area contributed by atoms with Crippen LogP contribution in [-0.4, -0.2) is 0 Å². The summed E-state index contributed by atoms with van der Waals surface area (Å²) in [6.07, 6.45) is 4.40. The van der Waals surface area contributed by atoms with Crippen molar-refractivity contribution in [2.75, 3.05) is 0 Å². The molecule has 0 aromatic heterocycles. The Hall–Kier alpha value is -4.88. The van der Waals surface area contributed by atoms with Crippen LogP contribution in [0.3, 0.4) is 0 Å². The second-order valence-corrected chi connectivity index (χ2v) is 16.0. The van der Waals surface area contributed by atoms with Crippen LogP contribution in [0.1, 0.15) is 174 Å². The third kappa shape index (κ3) is 5.55. The molecule has 4 aliphatic rings. The van der Waals surface area contributed by atoms with E-state index in [0.717, 1.165) is 0 Å². The molecule has 1 nitrogen and oxygen atoms in total. The van der Waals surface area contributed by atoms with Gasteiger partial charge in [-0.1, -0.05) is 144 Å². The molecule has 0 unspecified atom stereocenters. The Balaban J connectivity index is 1.32. The van der Waals surface area contributed by atoms with E-state index in [1.165, 1.54) is 66.7 Å². The molecule has 0 atom stereocenters. The van der Waals surface area contributed by atoms with Crippen molar-refractivity contribution in [3.63, 3.8) is 0 Å². The number of aryl methyl sites for hydroxylation is 2. The number of ether oxygens (including phenoxy) is 1. The van der Waals surface area contributed by atoms with Crippen LogP contribution in [0, 0.1) is 13.7 Å². The molecule has 0 bridgehead atoms. The van der Waals surface area contributed by atoms with E-state index in [1.54, 1.807) is 42.5 Å². The number of para-hydroxylation sites is 1. The lowest BCUT2D eigenvalue weighted by molar-refractivity contribution is 0.418. The quantitative estimate of drug-likeness (QED) is 0.170. The van der Waals surface area contributed by atoms with E-state index in [1.807, 2.05) is 0 Å². The van der Waals surface area contributed by atoms with Gasteiger partial charge in [-0.15, -0.1) is 0 Å². The van der Waals surface area contributed by atoms with Gasteiger partial charge < -0.3 is 4.74 Å². The molecule has 0 N–H and O–H groups in total. The minimum Gasteiger partial charge on any atom is -0.456 e. The number of fused-ring (bicyclic) bond motifs is 4. The van der Waals surface area contributed by atoms with Crippen molar-refractivity contribution >= 4 is 0 Å². The number of hydrogen-bond donors (Lipinski definition) is 0. The first-order valence-electron chi connectivity index (χ1n) is 29.7. The molecule has 0 saturated heterocycles. The van der Waals surface area contributed by atoms with Gasteiger partial charge in [0.25, 0.3) is 0 Å². The maximum Gasteiger partial charge on any atom is 0.139 e. The van der Waals surface area contributed by atoms with E-state index < -0.39 is 63.7 Å². The van der Waals surface area contributed by atoms with Crippen LogP contribution >= 0.6 is 0 Å².